The Bertz CT molecular complexity index is 395. The normalized spacial score (nSPS) is 11.7. The quantitative estimate of drug-likeness (QED) is 0.310. The molecule has 9 heteroatoms. The van der Waals surface area contributed by atoms with E-state index >= 15 is 0 Å². The smallest absolute Gasteiger partial charge is 0.768 e. The van der Waals surface area contributed by atoms with Crippen LogP contribution in [0.25, 0.3) is 0 Å². The molecule has 1 atom stereocenters. The van der Waals surface area contributed by atoms with Crippen molar-refractivity contribution in [2.45, 2.75) is 4.90 Å². The predicted octanol–water partition coefficient (Wildman–Crippen LogP) is -0.747. The Kier molecular flexibility index (Phi) is 6.50. The van der Waals surface area contributed by atoms with Gasteiger partial charge in [0.2, 0.25) is 0 Å². The van der Waals surface area contributed by atoms with E-state index in [2.05, 4.69) is 15.9 Å². The molecule has 0 N–H and O–H groups in total. The Balaban J connectivity index is 0.00000196. The van der Waals surface area contributed by atoms with Crippen molar-refractivity contribution in [3.05, 3.63) is 31.7 Å². The second kappa shape index (κ2) is 6.29. The molecular weight excluding hydrogens is 320 g/mol. The van der Waals surface area contributed by atoms with Gasteiger partial charge in [0.1, 0.15) is 4.47 Å². The zero-order valence-electron chi connectivity index (χ0n) is 7.40. The minimum Gasteiger partial charge on any atom is -0.768 e. The van der Waals surface area contributed by atoms with Gasteiger partial charge in [-0.3, -0.25) is 14.3 Å². The van der Waals surface area contributed by atoms with E-state index in [0.717, 1.165) is 12.1 Å². The molecule has 15 heavy (non-hydrogen) atoms. The molecule has 0 saturated heterocycles. The second-order valence-corrected chi connectivity index (χ2v) is 4.37. The van der Waals surface area contributed by atoms with Crippen molar-refractivity contribution in [1.82, 2.24) is 0 Å². The predicted molar refractivity (Wildman–Crippen MR) is 53.0 cm³/mol. The molecule has 0 heterocycles. The van der Waals surface area contributed by atoms with Gasteiger partial charge >= 0.3 is 29.6 Å². The Morgan fingerprint density at radius 3 is 2.40 bits per heavy atom. The SMILES string of the molecule is O=[N+]([O-])c1cc(Cl)cc(S(=O)[O-])c1Br.[Na+]. The van der Waals surface area contributed by atoms with E-state index in [0.29, 0.717) is 0 Å². The van der Waals surface area contributed by atoms with Crippen LogP contribution in [0, 0.1) is 10.1 Å². The van der Waals surface area contributed by atoms with E-state index in [9.17, 15) is 18.9 Å². The van der Waals surface area contributed by atoms with Gasteiger partial charge in [0, 0.05) is 16.0 Å². The molecule has 1 aromatic rings. The molecule has 0 aromatic heterocycles. The molecule has 0 amide bonds. The molecule has 0 aliphatic heterocycles. The number of rotatable bonds is 2. The van der Waals surface area contributed by atoms with Gasteiger partial charge in [-0.15, -0.1) is 0 Å². The summed E-state index contributed by atoms with van der Waals surface area (Å²) in [5.74, 6) is 0. The molecule has 0 fully saturated rings. The summed E-state index contributed by atoms with van der Waals surface area (Å²) in [5.41, 5.74) is -0.378. The van der Waals surface area contributed by atoms with Gasteiger partial charge in [-0.25, -0.2) is 0 Å². The molecule has 1 unspecified atom stereocenters. The van der Waals surface area contributed by atoms with Crippen LogP contribution in [0.2, 0.25) is 5.02 Å². The minimum atomic E-state index is -2.56. The molecule has 0 spiro atoms. The van der Waals surface area contributed by atoms with Gasteiger partial charge in [0.15, 0.2) is 0 Å². The van der Waals surface area contributed by atoms with Crippen LogP contribution < -0.4 is 29.6 Å². The number of hydrogen-bond donors (Lipinski definition) is 0. The van der Waals surface area contributed by atoms with Gasteiger partial charge in [0.25, 0.3) is 5.69 Å². The van der Waals surface area contributed by atoms with Crippen LogP contribution in [0.4, 0.5) is 5.69 Å². The van der Waals surface area contributed by atoms with Crippen molar-refractivity contribution in [3.8, 4) is 0 Å². The fraction of sp³-hybridized carbons (Fsp3) is 0. The Morgan fingerprint density at radius 2 is 2.00 bits per heavy atom. The van der Waals surface area contributed by atoms with Gasteiger partial charge in [-0.05, 0) is 33.1 Å². The van der Waals surface area contributed by atoms with Gasteiger partial charge in [-0.2, -0.15) is 0 Å². The third-order valence-corrected chi connectivity index (χ3v) is 3.36. The van der Waals surface area contributed by atoms with Crippen molar-refractivity contribution in [2.24, 2.45) is 0 Å². The monoisotopic (exact) mass is 321 g/mol. The summed E-state index contributed by atoms with van der Waals surface area (Å²) in [5, 5.41) is 10.5. The molecule has 76 valence electrons. The summed E-state index contributed by atoms with van der Waals surface area (Å²) < 4.78 is 21.2. The Hall–Kier alpha value is 0.500. The van der Waals surface area contributed by atoms with Gasteiger partial charge in [0.05, 0.1) is 4.92 Å². The van der Waals surface area contributed by atoms with Crippen LogP contribution in [-0.2, 0) is 11.1 Å². The largest absolute Gasteiger partial charge is 1.00 e. The number of nitrogens with zero attached hydrogens (tertiary/aromatic N) is 1. The number of nitro benzene ring substituents is 1. The maximum absolute atomic E-state index is 10.6. The first-order valence-electron chi connectivity index (χ1n) is 3.16. The first-order chi connectivity index (χ1) is 6.43. The van der Waals surface area contributed by atoms with Crippen molar-refractivity contribution >= 4 is 44.3 Å². The van der Waals surface area contributed by atoms with Gasteiger partial charge in [-0.1, -0.05) is 11.6 Å². The zero-order chi connectivity index (χ0) is 10.9. The van der Waals surface area contributed by atoms with Crippen molar-refractivity contribution < 1.29 is 43.2 Å². The third kappa shape index (κ3) is 3.77. The van der Waals surface area contributed by atoms with Crippen LogP contribution in [0.1, 0.15) is 0 Å². The third-order valence-electron chi connectivity index (χ3n) is 1.36. The van der Waals surface area contributed by atoms with E-state index in [1.165, 1.54) is 0 Å². The molecular formula is C6H2BrClNNaO4S. The standard InChI is InChI=1S/C6H3BrClNO4S.Na/c7-6-4(9(10)11)1-3(8)2-5(6)14(12)13;/h1-2H,(H,12,13);/q;+1/p-1. The Morgan fingerprint density at radius 1 is 1.47 bits per heavy atom. The first-order valence-corrected chi connectivity index (χ1v) is 5.40. The fourth-order valence-corrected chi connectivity index (χ4v) is 2.33. The van der Waals surface area contributed by atoms with E-state index in [-0.39, 0.29) is 49.6 Å². The van der Waals surface area contributed by atoms with Crippen molar-refractivity contribution in [2.75, 3.05) is 0 Å². The molecule has 1 rings (SSSR count). The summed E-state index contributed by atoms with van der Waals surface area (Å²) in [6.45, 7) is 0. The van der Waals surface area contributed by atoms with E-state index in [1.807, 2.05) is 0 Å². The van der Waals surface area contributed by atoms with E-state index in [4.69, 9.17) is 11.6 Å². The second-order valence-electron chi connectivity index (χ2n) is 2.23. The zero-order valence-corrected chi connectivity index (χ0v) is 12.6. The van der Waals surface area contributed by atoms with Gasteiger partial charge < -0.3 is 4.55 Å². The summed E-state index contributed by atoms with van der Waals surface area (Å²) in [4.78, 5) is 9.52. The number of hydrogen-bond acceptors (Lipinski definition) is 4. The fourth-order valence-electron chi connectivity index (χ4n) is 0.805. The maximum Gasteiger partial charge on any atom is 1.00 e. The molecule has 0 aliphatic carbocycles. The molecule has 1 aromatic carbocycles. The topological polar surface area (TPSA) is 83.3 Å². The van der Waals surface area contributed by atoms with Crippen LogP contribution in [0.5, 0.6) is 0 Å². The van der Waals surface area contributed by atoms with Crippen LogP contribution in [-0.4, -0.2) is 13.7 Å². The van der Waals surface area contributed by atoms with E-state index in [1.54, 1.807) is 0 Å². The van der Waals surface area contributed by atoms with Crippen LogP contribution in [0.15, 0.2) is 21.5 Å². The average Bonchev–Trinajstić information content (AvgIpc) is 2.07. The summed E-state index contributed by atoms with van der Waals surface area (Å²) >= 11 is 5.77. The average molecular weight is 322 g/mol. The summed E-state index contributed by atoms with van der Waals surface area (Å²) in [7, 11) is 0. The molecule has 0 saturated carbocycles. The number of benzene rings is 1. The number of nitro groups is 1. The van der Waals surface area contributed by atoms with Crippen molar-refractivity contribution in [3.63, 3.8) is 0 Å². The number of halogens is 2. The Labute approximate surface area is 123 Å². The molecule has 0 aliphatic rings. The molecule has 0 bridgehead atoms. The molecule has 5 nitrogen and oxygen atoms in total. The van der Waals surface area contributed by atoms with Crippen molar-refractivity contribution in [1.29, 1.82) is 0 Å². The first kappa shape index (κ1) is 15.5. The molecule has 0 radical (unpaired) electrons. The summed E-state index contributed by atoms with van der Waals surface area (Å²) in [6, 6.07) is 2.20. The van der Waals surface area contributed by atoms with Crippen LogP contribution >= 0.6 is 27.5 Å². The van der Waals surface area contributed by atoms with E-state index < -0.39 is 16.0 Å². The maximum atomic E-state index is 10.6. The summed E-state index contributed by atoms with van der Waals surface area (Å²) in [6.07, 6.45) is 0. The minimum absolute atomic E-state index is 0. The van der Waals surface area contributed by atoms with Crippen LogP contribution in [0.3, 0.4) is 0 Å².